The molecule has 0 heterocycles. The van der Waals surface area contributed by atoms with E-state index in [0.29, 0.717) is 0 Å². The molecule has 2 atom stereocenters. The minimum atomic E-state index is -4.37. The van der Waals surface area contributed by atoms with Crippen LogP contribution < -0.4 is 5.32 Å². The highest BCUT2D eigenvalue weighted by Crippen LogP contribution is 2.34. The molecule has 0 fully saturated rings. The number of hydrogen-bond acceptors (Lipinski definition) is 3. The molecule has 2 rings (SSSR count). The zero-order valence-electron chi connectivity index (χ0n) is 12.5. The smallest absolute Gasteiger partial charge is 0.286 e. The standard InChI is InChI=1S/C16H19NO4S/c1-10(2)16(22(19,20)21)17-15(18)11(3)13-9-8-12-6-4-5-7-14(12)13/h4-10,13,16H,3H2,1-2H3,(H,17,18)(H,19,20,21). The van der Waals surface area contributed by atoms with Gasteiger partial charge in [0, 0.05) is 11.5 Å². The lowest BCUT2D eigenvalue weighted by atomic mass is 9.93. The van der Waals surface area contributed by atoms with Crippen LogP contribution in [0.4, 0.5) is 0 Å². The van der Waals surface area contributed by atoms with Crippen molar-refractivity contribution >= 4 is 22.1 Å². The highest BCUT2D eigenvalue weighted by atomic mass is 32.2. The van der Waals surface area contributed by atoms with E-state index in [2.05, 4.69) is 11.9 Å². The van der Waals surface area contributed by atoms with Crippen LogP contribution in [-0.4, -0.2) is 24.3 Å². The highest BCUT2D eigenvalue weighted by molar-refractivity contribution is 7.86. The lowest BCUT2D eigenvalue weighted by Crippen LogP contribution is -2.44. The molecule has 22 heavy (non-hydrogen) atoms. The SMILES string of the molecule is C=C(C(=O)NC(C(C)C)S(=O)(=O)O)C1C=Cc2ccccc21. The fourth-order valence-corrected chi connectivity index (χ4v) is 3.45. The highest BCUT2D eigenvalue weighted by Gasteiger charge is 2.31. The summed E-state index contributed by atoms with van der Waals surface area (Å²) in [6.07, 6.45) is 3.76. The van der Waals surface area contributed by atoms with Gasteiger partial charge in [0.2, 0.25) is 5.91 Å². The molecule has 2 N–H and O–H groups in total. The molecule has 1 aliphatic carbocycles. The first-order valence-electron chi connectivity index (χ1n) is 6.95. The van der Waals surface area contributed by atoms with Crippen molar-refractivity contribution in [2.24, 2.45) is 5.92 Å². The molecule has 0 spiro atoms. The first-order chi connectivity index (χ1) is 10.2. The van der Waals surface area contributed by atoms with Gasteiger partial charge in [-0.2, -0.15) is 8.42 Å². The molecule has 5 nitrogen and oxygen atoms in total. The van der Waals surface area contributed by atoms with E-state index in [4.69, 9.17) is 0 Å². The van der Waals surface area contributed by atoms with E-state index in [0.717, 1.165) is 11.1 Å². The Morgan fingerprint density at radius 1 is 1.32 bits per heavy atom. The molecule has 0 saturated carbocycles. The molecule has 1 aromatic rings. The Morgan fingerprint density at radius 3 is 2.55 bits per heavy atom. The Labute approximate surface area is 130 Å². The van der Waals surface area contributed by atoms with E-state index in [9.17, 15) is 17.8 Å². The summed E-state index contributed by atoms with van der Waals surface area (Å²) < 4.78 is 31.9. The number of carbonyl (C=O) groups is 1. The third kappa shape index (κ3) is 3.28. The lowest BCUT2D eigenvalue weighted by Gasteiger charge is -2.21. The second kappa shape index (κ2) is 6.06. The van der Waals surface area contributed by atoms with E-state index in [-0.39, 0.29) is 11.5 Å². The van der Waals surface area contributed by atoms with Crippen molar-refractivity contribution in [3.63, 3.8) is 0 Å². The molecule has 6 heteroatoms. The van der Waals surface area contributed by atoms with Crippen LogP contribution in [0.5, 0.6) is 0 Å². The predicted molar refractivity (Wildman–Crippen MR) is 85.7 cm³/mol. The van der Waals surface area contributed by atoms with Gasteiger partial charge < -0.3 is 5.32 Å². The molecule has 0 bridgehead atoms. The molecule has 0 aromatic heterocycles. The first kappa shape index (κ1) is 16.5. The Kier molecular flexibility index (Phi) is 4.53. The van der Waals surface area contributed by atoms with Gasteiger partial charge in [0.15, 0.2) is 5.37 Å². The number of amides is 1. The van der Waals surface area contributed by atoms with Crippen LogP contribution in [0.15, 0.2) is 42.5 Å². The molecule has 0 radical (unpaired) electrons. The number of benzene rings is 1. The van der Waals surface area contributed by atoms with Crippen molar-refractivity contribution in [1.82, 2.24) is 5.32 Å². The second-order valence-corrected chi connectivity index (χ2v) is 7.18. The van der Waals surface area contributed by atoms with E-state index >= 15 is 0 Å². The molecular formula is C16H19NO4S. The lowest BCUT2D eigenvalue weighted by molar-refractivity contribution is -0.118. The molecule has 2 unspecified atom stereocenters. The Morgan fingerprint density at radius 2 is 1.95 bits per heavy atom. The number of fused-ring (bicyclic) bond motifs is 1. The van der Waals surface area contributed by atoms with Gasteiger partial charge in [-0.3, -0.25) is 9.35 Å². The fraction of sp³-hybridized carbons (Fsp3) is 0.312. The molecular weight excluding hydrogens is 302 g/mol. The van der Waals surface area contributed by atoms with Gasteiger partial charge in [-0.25, -0.2) is 0 Å². The van der Waals surface area contributed by atoms with E-state index in [1.807, 2.05) is 36.4 Å². The third-order valence-corrected chi connectivity index (χ3v) is 4.97. The molecule has 1 aromatic carbocycles. The molecule has 0 aliphatic heterocycles. The average molecular weight is 321 g/mol. The van der Waals surface area contributed by atoms with Crippen molar-refractivity contribution in [3.05, 3.63) is 53.6 Å². The quantitative estimate of drug-likeness (QED) is 0.644. The van der Waals surface area contributed by atoms with E-state index in [1.165, 1.54) is 0 Å². The minimum Gasteiger partial charge on any atom is -0.334 e. The van der Waals surface area contributed by atoms with E-state index < -0.39 is 27.3 Å². The van der Waals surface area contributed by atoms with Crippen molar-refractivity contribution < 1.29 is 17.8 Å². The van der Waals surface area contributed by atoms with Crippen LogP contribution in [-0.2, 0) is 14.9 Å². The zero-order chi connectivity index (χ0) is 16.5. The summed E-state index contributed by atoms with van der Waals surface area (Å²) in [5.41, 5.74) is 2.21. The van der Waals surface area contributed by atoms with Gasteiger partial charge in [-0.15, -0.1) is 0 Å². The van der Waals surface area contributed by atoms with Gasteiger partial charge in [-0.05, 0) is 17.0 Å². The largest absolute Gasteiger partial charge is 0.334 e. The van der Waals surface area contributed by atoms with Crippen molar-refractivity contribution in [2.45, 2.75) is 25.1 Å². The van der Waals surface area contributed by atoms with Crippen LogP contribution in [0.25, 0.3) is 6.08 Å². The molecule has 1 amide bonds. The van der Waals surface area contributed by atoms with Crippen LogP contribution in [0.1, 0.15) is 30.9 Å². The summed E-state index contributed by atoms with van der Waals surface area (Å²) in [6.45, 7) is 7.00. The summed E-state index contributed by atoms with van der Waals surface area (Å²) in [5, 5.41) is 1.00. The summed E-state index contributed by atoms with van der Waals surface area (Å²) in [7, 11) is -4.37. The number of nitrogens with one attached hydrogen (secondary N) is 1. The zero-order valence-corrected chi connectivity index (χ0v) is 13.3. The van der Waals surface area contributed by atoms with Gasteiger partial charge in [0.05, 0.1) is 0 Å². The number of allylic oxidation sites excluding steroid dienone is 1. The van der Waals surface area contributed by atoms with Crippen LogP contribution >= 0.6 is 0 Å². The summed E-state index contributed by atoms with van der Waals surface area (Å²) >= 11 is 0. The topological polar surface area (TPSA) is 83.5 Å². The maximum Gasteiger partial charge on any atom is 0.286 e. The second-order valence-electron chi connectivity index (χ2n) is 5.64. The summed E-state index contributed by atoms with van der Waals surface area (Å²) in [4.78, 5) is 12.3. The maximum absolute atomic E-state index is 12.3. The monoisotopic (exact) mass is 321 g/mol. The Balaban J connectivity index is 2.18. The van der Waals surface area contributed by atoms with Gasteiger partial charge in [0.25, 0.3) is 10.1 Å². The van der Waals surface area contributed by atoms with Crippen LogP contribution in [0.2, 0.25) is 0 Å². The first-order valence-corrected chi connectivity index (χ1v) is 8.45. The van der Waals surface area contributed by atoms with Crippen LogP contribution in [0, 0.1) is 5.92 Å². The van der Waals surface area contributed by atoms with Gasteiger partial charge >= 0.3 is 0 Å². The fourth-order valence-electron chi connectivity index (χ4n) is 2.50. The van der Waals surface area contributed by atoms with Gasteiger partial charge in [0.1, 0.15) is 0 Å². The van der Waals surface area contributed by atoms with E-state index in [1.54, 1.807) is 13.8 Å². The summed E-state index contributed by atoms with van der Waals surface area (Å²) in [6, 6.07) is 7.62. The predicted octanol–water partition coefficient (Wildman–Crippen LogP) is 2.34. The summed E-state index contributed by atoms with van der Waals surface area (Å²) in [5.74, 6) is -1.33. The normalized spacial score (nSPS) is 18.1. The molecule has 1 aliphatic rings. The van der Waals surface area contributed by atoms with Crippen LogP contribution in [0.3, 0.4) is 0 Å². The Bertz CT molecular complexity index is 734. The number of carbonyl (C=O) groups excluding carboxylic acids is 1. The Hall–Kier alpha value is -1.92. The minimum absolute atomic E-state index is 0.246. The molecule has 118 valence electrons. The van der Waals surface area contributed by atoms with Crippen molar-refractivity contribution in [1.29, 1.82) is 0 Å². The van der Waals surface area contributed by atoms with Gasteiger partial charge in [-0.1, -0.05) is 56.8 Å². The maximum atomic E-state index is 12.3. The molecule has 0 saturated heterocycles. The third-order valence-electron chi connectivity index (χ3n) is 3.67. The number of rotatable bonds is 5. The van der Waals surface area contributed by atoms with Crippen molar-refractivity contribution in [3.8, 4) is 0 Å². The average Bonchev–Trinajstić information content (AvgIpc) is 2.85. The number of hydrogen-bond donors (Lipinski definition) is 2. The van der Waals surface area contributed by atoms with Crippen molar-refractivity contribution in [2.75, 3.05) is 0 Å².